The van der Waals surface area contributed by atoms with Crippen LogP contribution in [0.4, 0.5) is 5.00 Å². The number of amides is 1. The minimum absolute atomic E-state index is 0.0556. The van der Waals surface area contributed by atoms with Gasteiger partial charge in [-0.1, -0.05) is 25.5 Å². The summed E-state index contributed by atoms with van der Waals surface area (Å²) in [7, 11) is 0. The normalized spacial score (nSPS) is 21.8. The Balaban J connectivity index is 1.59. The molecule has 2 aliphatic rings. The summed E-state index contributed by atoms with van der Waals surface area (Å²) in [6.45, 7) is 4.89. The van der Waals surface area contributed by atoms with Crippen molar-refractivity contribution in [3.63, 3.8) is 0 Å². The SMILES string of the molecule is CCOc1ccc(C2NC(=O)c3c(sc4c3CCC(CC)C4)N2)cc1. The highest BCUT2D eigenvalue weighted by Crippen LogP contribution is 2.43. The molecule has 0 spiro atoms. The average Bonchev–Trinajstić information content (AvgIpc) is 3.00. The van der Waals surface area contributed by atoms with Gasteiger partial charge in [-0.25, -0.2) is 0 Å². The second kappa shape index (κ2) is 6.71. The Labute approximate surface area is 152 Å². The van der Waals surface area contributed by atoms with Gasteiger partial charge in [0.25, 0.3) is 5.91 Å². The molecule has 1 amide bonds. The standard InChI is InChI=1S/C20H24N2O2S/c1-3-12-5-10-15-16(11-12)25-20-17(15)19(23)21-18(22-20)13-6-8-14(9-7-13)24-4-2/h6-9,12,18,22H,3-5,10-11H2,1-2H3,(H,21,23). The number of hydrogen-bond acceptors (Lipinski definition) is 4. The maximum Gasteiger partial charge on any atom is 0.256 e. The van der Waals surface area contributed by atoms with Crippen LogP contribution in [0, 0.1) is 5.92 Å². The Kier molecular flexibility index (Phi) is 4.42. The molecule has 1 aromatic carbocycles. The topological polar surface area (TPSA) is 50.4 Å². The molecule has 1 aromatic heterocycles. The van der Waals surface area contributed by atoms with Gasteiger partial charge in [-0.3, -0.25) is 4.79 Å². The van der Waals surface area contributed by atoms with Crippen molar-refractivity contribution in [2.45, 2.75) is 45.7 Å². The molecule has 2 unspecified atom stereocenters. The van der Waals surface area contributed by atoms with Gasteiger partial charge in [0.05, 0.1) is 12.2 Å². The highest BCUT2D eigenvalue weighted by Gasteiger charge is 2.33. The van der Waals surface area contributed by atoms with Gasteiger partial charge in [0, 0.05) is 4.88 Å². The average molecular weight is 356 g/mol. The highest BCUT2D eigenvalue weighted by molar-refractivity contribution is 7.16. The highest BCUT2D eigenvalue weighted by atomic mass is 32.1. The van der Waals surface area contributed by atoms with Crippen LogP contribution in [0.5, 0.6) is 5.75 Å². The van der Waals surface area contributed by atoms with Gasteiger partial charge in [0.15, 0.2) is 0 Å². The van der Waals surface area contributed by atoms with E-state index < -0.39 is 0 Å². The molecule has 2 atom stereocenters. The number of carbonyl (C=O) groups is 1. The number of nitrogens with one attached hydrogen (secondary N) is 2. The summed E-state index contributed by atoms with van der Waals surface area (Å²) < 4.78 is 5.50. The van der Waals surface area contributed by atoms with Crippen molar-refractivity contribution >= 4 is 22.2 Å². The van der Waals surface area contributed by atoms with Gasteiger partial charge in [-0.05, 0) is 55.4 Å². The fourth-order valence-corrected chi connectivity index (χ4v) is 5.19. The molecular weight excluding hydrogens is 332 g/mol. The quantitative estimate of drug-likeness (QED) is 0.847. The summed E-state index contributed by atoms with van der Waals surface area (Å²) in [6.07, 6.45) is 4.38. The molecule has 5 heteroatoms. The van der Waals surface area contributed by atoms with E-state index in [4.69, 9.17) is 4.74 Å². The first kappa shape index (κ1) is 16.5. The Morgan fingerprint density at radius 2 is 2.00 bits per heavy atom. The Hall–Kier alpha value is -2.01. The van der Waals surface area contributed by atoms with Crippen LogP contribution in [0.2, 0.25) is 0 Å². The van der Waals surface area contributed by atoms with Crippen molar-refractivity contribution in [2.24, 2.45) is 5.92 Å². The van der Waals surface area contributed by atoms with E-state index in [-0.39, 0.29) is 12.1 Å². The molecule has 25 heavy (non-hydrogen) atoms. The molecule has 0 radical (unpaired) electrons. The number of thiophene rings is 1. The summed E-state index contributed by atoms with van der Waals surface area (Å²) >= 11 is 1.77. The number of carbonyl (C=O) groups excluding carboxylic acids is 1. The molecule has 132 valence electrons. The number of anilines is 1. The summed E-state index contributed by atoms with van der Waals surface area (Å²) in [5.41, 5.74) is 3.21. The second-order valence-electron chi connectivity index (χ2n) is 6.78. The van der Waals surface area contributed by atoms with Crippen LogP contribution in [-0.2, 0) is 12.8 Å². The summed E-state index contributed by atoms with van der Waals surface area (Å²) in [5.74, 6) is 1.67. The lowest BCUT2D eigenvalue weighted by Gasteiger charge is -2.27. The van der Waals surface area contributed by atoms with Gasteiger partial charge in [-0.15, -0.1) is 11.3 Å². The largest absolute Gasteiger partial charge is 0.494 e. The Morgan fingerprint density at radius 3 is 2.72 bits per heavy atom. The van der Waals surface area contributed by atoms with Gasteiger partial charge in [0.1, 0.15) is 16.9 Å². The summed E-state index contributed by atoms with van der Waals surface area (Å²) in [6, 6.07) is 7.92. The molecule has 0 saturated carbocycles. The lowest BCUT2D eigenvalue weighted by atomic mass is 9.85. The van der Waals surface area contributed by atoms with Crippen molar-refractivity contribution in [3.8, 4) is 5.75 Å². The first-order valence-electron chi connectivity index (χ1n) is 9.14. The molecule has 2 N–H and O–H groups in total. The van der Waals surface area contributed by atoms with Crippen molar-refractivity contribution in [1.82, 2.24) is 5.32 Å². The fraction of sp³-hybridized carbons (Fsp3) is 0.450. The number of hydrogen-bond donors (Lipinski definition) is 2. The van der Waals surface area contributed by atoms with Crippen molar-refractivity contribution < 1.29 is 9.53 Å². The smallest absolute Gasteiger partial charge is 0.256 e. The molecule has 2 heterocycles. The molecule has 1 aliphatic carbocycles. The van der Waals surface area contributed by atoms with E-state index in [0.717, 1.165) is 40.6 Å². The monoisotopic (exact) mass is 356 g/mol. The molecule has 0 saturated heterocycles. The third-order valence-electron chi connectivity index (χ3n) is 5.25. The number of ether oxygens (including phenoxy) is 1. The van der Waals surface area contributed by atoms with E-state index in [9.17, 15) is 4.79 Å². The Morgan fingerprint density at radius 1 is 1.20 bits per heavy atom. The minimum Gasteiger partial charge on any atom is -0.494 e. The predicted molar refractivity (Wildman–Crippen MR) is 102 cm³/mol. The van der Waals surface area contributed by atoms with E-state index in [2.05, 4.69) is 17.6 Å². The van der Waals surface area contributed by atoms with E-state index in [1.807, 2.05) is 31.2 Å². The zero-order chi connectivity index (χ0) is 17.4. The Bertz CT molecular complexity index is 782. The molecule has 4 nitrogen and oxygen atoms in total. The molecular formula is C20H24N2O2S. The van der Waals surface area contributed by atoms with Crippen LogP contribution in [-0.4, -0.2) is 12.5 Å². The van der Waals surface area contributed by atoms with Crippen LogP contribution in [0.15, 0.2) is 24.3 Å². The maximum absolute atomic E-state index is 12.8. The third kappa shape index (κ3) is 3.01. The zero-order valence-electron chi connectivity index (χ0n) is 14.7. The second-order valence-corrected chi connectivity index (χ2v) is 7.88. The van der Waals surface area contributed by atoms with Crippen LogP contribution in [0.1, 0.15) is 59.2 Å². The molecule has 2 aromatic rings. The van der Waals surface area contributed by atoms with Crippen molar-refractivity contribution in [2.75, 3.05) is 11.9 Å². The lowest BCUT2D eigenvalue weighted by Crippen LogP contribution is -2.38. The van der Waals surface area contributed by atoms with Gasteiger partial charge in [0.2, 0.25) is 0 Å². The van der Waals surface area contributed by atoms with Crippen LogP contribution in [0.3, 0.4) is 0 Å². The van der Waals surface area contributed by atoms with E-state index in [0.29, 0.717) is 6.61 Å². The summed E-state index contributed by atoms with van der Waals surface area (Å²) in [5, 5.41) is 7.68. The fourth-order valence-electron chi connectivity index (χ4n) is 3.80. The van der Waals surface area contributed by atoms with E-state index in [1.165, 1.54) is 23.3 Å². The third-order valence-corrected chi connectivity index (χ3v) is 6.43. The summed E-state index contributed by atoms with van der Waals surface area (Å²) in [4.78, 5) is 14.2. The van der Waals surface area contributed by atoms with Gasteiger partial charge < -0.3 is 15.4 Å². The van der Waals surface area contributed by atoms with Gasteiger partial charge in [-0.2, -0.15) is 0 Å². The van der Waals surface area contributed by atoms with E-state index >= 15 is 0 Å². The molecule has 0 fully saturated rings. The first-order chi connectivity index (χ1) is 12.2. The molecule has 4 rings (SSSR count). The minimum atomic E-state index is -0.183. The first-order valence-corrected chi connectivity index (χ1v) is 9.96. The number of benzene rings is 1. The molecule has 0 bridgehead atoms. The van der Waals surface area contributed by atoms with E-state index in [1.54, 1.807) is 11.3 Å². The lowest BCUT2D eigenvalue weighted by molar-refractivity contribution is 0.0935. The number of rotatable bonds is 4. The zero-order valence-corrected chi connectivity index (χ0v) is 15.5. The van der Waals surface area contributed by atoms with Gasteiger partial charge >= 0.3 is 0 Å². The molecule has 1 aliphatic heterocycles. The maximum atomic E-state index is 12.8. The van der Waals surface area contributed by atoms with Crippen molar-refractivity contribution in [1.29, 1.82) is 0 Å². The van der Waals surface area contributed by atoms with Crippen LogP contribution < -0.4 is 15.4 Å². The number of fused-ring (bicyclic) bond motifs is 3. The van der Waals surface area contributed by atoms with Crippen molar-refractivity contribution in [3.05, 3.63) is 45.8 Å². The predicted octanol–water partition coefficient (Wildman–Crippen LogP) is 4.52. The van der Waals surface area contributed by atoms with Crippen LogP contribution >= 0.6 is 11.3 Å². The van der Waals surface area contributed by atoms with Crippen LogP contribution in [0.25, 0.3) is 0 Å².